The second-order valence-corrected chi connectivity index (χ2v) is 21.8. The minimum Gasteiger partial charge on any atom is -0.455 e. The fourth-order valence-electron chi connectivity index (χ4n) is 14.3. The Balaban J connectivity index is 0.962. The molecule has 0 bridgehead atoms. The number of epoxide rings is 1. The fourth-order valence-corrected chi connectivity index (χ4v) is 14.3. The van der Waals surface area contributed by atoms with Crippen LogP contribution >= 0.6 is 0 Å². The molecule has 8 aliphatic rings. The summed E-state index contributed by atoms with van der Waals surface area (Å²) in [6.45, 7) is 15.7. The van der Waals surface area contributed by atoms with Gasteiger partial charge in [0, 0.05) is 49.0 Å². The molecule has 24 atom stereocenters. The average Bonchev–Trinajstić information content (AvgIpc) is 3.88. The van der Waals surface area contributed by atoms with Crippen LogP contribution in [0.3, 0.4) is 0 Å². The second kappa shape index (κ2) is 20.3. The van der Waals surface area contributed by atoms with Crippen LogP contribution in [0.2, 0.25) is 0 Å². The molecule has 8 unspecified atom stereocenters. The number of Topliss-reactive ketones (excluding diaryl/α,β-unsaturated/α-hetero) is 1. The lowest BCUT2D eigenvalue weighted by molar-refractivity contribution is -0.371. The third-order valence-electron chi connectivity index (χ3n) is 18.4. The number of aliphatic hydroxyl groups excluding tert-OH is 5. The van der Waals surface area contributed by atoms with Gasteiger partial charge in [-0.05, 0) is 105 Å². The van der Waals surface area contributed by atoms with Crippen LogP contribution < -0.4 is 0 Å². The van der Waals surface area contributed by atoms with Crippen LogP contribution in [-0.2, 0) is 66.5 Å². The molecule has 396 valence electrons. The number of esters is 2. The summed E-state index contributed by atoms with van der Waals surface area (Å²) in [6.07, 6.45) is -9.15. The van der Waals surface area contributed by atoms with Gasteiger partial charge in [0.1, 0.15) is 78.0 Å². The summed E-state index contributed by atoms with van der Waals surface area (Å²) in [4.78, 5) is 41.3. The molecule has 0 amide bonds. The van der Waals surface area contributed by atoms with Crippen LogP contribution in [0.1, 0.15) is 114 Å². The first-order chi connectivity index (χ1) is 33.1. The Morgan fingerprint density at radius 2 is 1.33 bits per heavy atom. The molecule has 4 aliphatic heterocycles. The summed E-state index contributed by atoms with van der Waals surface area (Å²) in [7, 11) is 2.94. The third kappa shape index (κ3) is 8.66. The molecule has 4 heterocycles. The number of rotatable bonds is 14. The van der Waals surface area contributed by atoms with E-state index in [2.05, 4.69) is 6.92 Å². The number of ketones is 1. The van der Waals surface area contributed by atoms with Gasteiger partial charge in [0.05, 0.1) is 31.0 Å². The van der Waals surface area contributed by atoms with Gasteiger partial charge in [0.15, 0.2) is 18.9 Å². The molecule has 4 saturated heterocycles. The topological polar surface area (TPSA) is 257 Å². The maximum atomic E-state index is 13.9. The molecule has 4 aliphatic carbocycles. The quantitative estimate of drug-likeness (QED) is 0.0726. The van der Waals surface area contributed by atoms with Crippen molar-refractivity contribution in [1.82, 2.24) is 0 Å². The zero-order valence-corrected chi connectivity index (χ0v) is 42.5. The maximum Gasteiger partial charge on any atom is 0.333 e. The van der Waals surface area contributed by atoms with Gasteiger partial charge in [-0.25, -0.2) is 9.59 Å². The standard InChI is InChI=1S/C51H78O19/c1-12-23(3)44(58)66-41-42-48(8)17-15-29(20-28(48)14-18-50(42)51(70-50)19-16-30(25(5)53)49(51,9)43(41)69-45(59)24(4)13-2)64-33-21-31(60-10)38(26(6)62-33)67-47-37(57)40(61-11)39(27(7)63-47)68-46-36(56)35(55)34(54)32(22-52)65-46/h12-13,26-43,46-47,52,54-57H,14-22H2,1-11H3/b23-12+,24-13+/t26?,27?,28-,29-,30+,31+,32?,33-,34?,35-,36?,37?,38?,39?,40+,41-,42+,43+,46-,47-,48-,49-,50-,51+/m0/s1. The van der Waals surface area contributed by atoms with Crippen molar-refractivity contribution >= 4 is 17.7 Å². The van der Waals surface area contributed by atoms with Gasteiger partial charge in [-0.3, -0.25) is 4.79 Å². The van der Waals surface area contributed by atoms with Crippen molar-refractivity contribution in [2.75, 3.05) is 20.8 Å². The van der Waals surface area contributed by atoms with Crippen molar-refractivity contribution in [3.63, 3.8) is 0 Å². The van der Waals surface area contributed by atoms with Crippen molar-refractivity contribution < 1.29 is 92.0 Å². The Morgan fingerprint density at radius 3 is 1.96 bits per heavy atom. The van der Waals surface area contributed by atoms with Crippen LogP contribution in [0.4, 0.5) is 0 Å². The highest BCUT2D eigenvalue weighted by molar-refractivity contribution is 5.89. The summed E-state index contributed by atoms with van der Waals surface area (Å²) >= 11 is 0. The molecule has 19 heteroatoms. The van der Waals surface area contributed by atoms with Gasteiger partial charge in [-0.2, -0.15) is 0 Å². The Kier molecular flexibility index (Phi) is 15.6. The van der Waals surface area contributed by atoms with Gasteiger partial charge in [-0.1, -0.05) is 26.0 Å². The van der Waals surface area contributed by atoms with E-state index in [0.29, 0.717) is 56.1 Å². The van der Waals surface area contributed by atoms with Crippen LogP contribution in [0.25, 0.3) is 0 Å². The third-order valence-corrected chi connectivity index (χ3v) is 18.4. The van der Waals surface area contributed by atoms with Gasteiger partial charge in [-0.15, -0.1) is 0 Å². The largest absolute Gasteiger partial charge is 0.455 e. The van der Waals surface area contributed by atoms with E-state index in [1.54, 1.807) is 60.8 Å². The van der Waals surface area contributed by atoms with Crippen molar-refractivity contribution in [2.24, 2.45) is 28.6 Å². The predicted octanol–water partition coefficient (Wildman–Crippen LogP) is 2.71. The number of ether oxygens (including phenoxy) is 11. The van der Waals surface area contributed by atoms with Crippen molar-refractivity contribution in [3.8, 4) is 0 Å². The summed E-state index contributed by atoms with van der Waals surface area (Å²) in [5, 5.41) is 52.4. The molecule has 5 N–H and O–H groups in total. The van der Waals surface area contributed by atoms with Crippen LogP contribution in [0.15, 0.2) is 23.3 Å². The molecule has 70 heavy (non-hydrogen) atoms. The van der Waals surface area contributed by atoms with Crippen molar-refractivity contribution in [2.45, 2.75) is 229 Å². The summed E-state index contributed by atoms with van der Waals surface area (Å²) in [5.41, 5.74) is -1.94. The fraction of sp³-hybridized carbons (Fsp3) is 0.863. The number of carbonyl (C=O) groups excluding carboxylic acids is 3. The highest BCUT2D eigenvalue weighted by Crippen LogP contribution is 2.81. The highest BCUT2D eigenvalue weighted by Gasteiger charge is 2.91. The maximum absolute atomic E-state index is 13.9. The predicted molar refractivity (Wildman–Crippen MR) is 244 cm³/mol. The molecule has 0 radical (unpaired) electrons. The molecule has 8 rings (SSSR count). The summed E-state index contributed by atoms with van der Waals surface area (Å²) in [5.74, 6) is -1.70. The normalized spacial score (nSPS) is 50.2. The van der Waals surface area contributed by atoms with Gasteiger partial charge in [0.2, 0.25) is 0 Å². The number of allylic oxidation sites excluding steroid dienone is 2. The zero-order chi connectivity index (χ0) is 51.0. The molecule has 0 aromatic heterocycles. The van der Waals surface area contributed by atoms with Crippen molar-refractivity contribution in [1.29, 1.82) is 0 Å². The Hall–Kier alpha value is -2.47. The number of aliphatic hydroxyl groups is 5. The SMILES string of the molecule is C/C=C(\C)C(=O)O[C@@H]1[C@@H](OC(=O)/C(C)=C/C)[C@]2(C)[C@@H](C(C)=O)CC[C@@]23O[C@]32CC[C@H]3C[C@@H](O[C@H]4C[C@@H](OC)C(O[C@@H]5OC(C)C(O[C@@H]6OC(CO)C(O)[C@H](O)C6O)[C@H](OC)C5O)C(C)O4)CC[C@]3(C)[C@@H]12. The molecule has 0 aromatic carbocycles. The average molecular weight is 995 g/mol. The van der Waals surface area contributed by atoms with E-state index < -0.39 is 145 Å². The highest BCUT2D eigenvalue weighted by atomic mass is 16.8. The van der Waals surface area contributed by atoms with E-state index in [4.69, 9.17) is 52.1 Å². The Bertz CT molecular complexity index is 1990. The van der Waals surface area contributed by atoms with E-state index in [9.17, 15) is 39.9 Å². The summed E-state index contributed by atoms with van der Waals surface area (Å²) < 4.78 is 69.5. The molecular weight excluding hydrogens is 917 g/mol. The minimum absolute atomic E-state index is 0.00192. The zero-order valence-electron chi connectivity index (χ0n) is 42.5. The summed E-state index contributed by atoms with van der Waals surface area (Å²) in [6, 6.07) is 0. The first-order valence-electron chi connectivity index (χ1n) is 25.3. The van der Waals surface area contributed by atoms with Crippen molar-refractivity contribution in [3.05, 3.63) is 23.3 Å². The first-order valence-corrected chi connectivity index (χ1v) is 25.3. The lowest BCUT2D eigenvalue weighted by Gasteiger charge is -2.61. The van der Waals surface area contributed by atoms with E-state index in [1.807, 2.05) is 13.8 Å². The minimum atomic E-state index is -1.67. The Morgan fingerprint density at radius 1 is 0.686 bits per heavy atom. The van der Waals surface area contributed by atoms with E-state index in [1.165, 1.54) is 7.11 Å². The van der Waals surface area contributed by atoms with Gasteiger partial charge in [0.25, 0.3) is 0 Å². The molecule has 2 spiro atoms. The number of hydrogen-bond donors (Lipinski definition) is 5. The van der Waals surface area contributed by atoms with E-state index in [-0.39, 0.29) is 23.7 Å². The van der Waals surface area contributed by atoms with Crippen LogP contribution in [-0.4, -0.2) is 180 Å². The lowest BCUT2D eigenvalue weighted by Crippen LogP contribution is -2.70. The van der Waals surface area contributed by atoms with Crippen LogP contribution in [0.5, 0.6) is 0 Å². The lowest BCUT2D eigenvalue weighted by atomic mass is 9.43. The van der Waals surface area contributed by atoms with Crippen LogP contribution in [0, 0.1) is 28.6 Å². The molecular formula is C51H78O19. The van der Waals surface area contributed by atoms with E-state index >= 15 is 0 Å². The monoisotopic (exact) mass is 995 g/mol. The molecule has 19 nitrogen and oxygen atoms in total. The Labute approximate surface area is 410 Å². The number of methoxy groups -OCH3 is 2. The number of carbonyl (C=O) groups is 3. The van der Waals surface area contributed by atoms with Gasteiger partial charge < -0.3 is 77.6 Å². The second-order valence-electron chi connectivity index (χ2n) is 21.8. The number of hydrogen-bond acceptors (Lipinski definition) is 19. The van der Waals surface area contributed by atoms with E-state index in [0.717, 1.165) is 6.42 Å². The van der Waals surface area contributed by atoms with Gasteiger partial charge >= 0.3 is 11.9 Å². The first kappa shape index (κ1) is 53.8. The molecule has 0 aromatic rings. The number of fused-ring (bicyclic) bond motifs is 2. The smallest absolute Gasteiger partial charge is 0.333 e. The molecule has 4 saturated carbocycles. The molecule has 8 fully saturated rings.